The fraction of sp³-hybridized carbons (Fsp3) is 0.571. The topological polar surface area (TPSA) is 68.6 Å². The molecule has 0 radical (unpaired) electrons. The largest absolute Gasteiger partial charge is 0.493 e. The summed E-state index contributed by atoms with van der Waals surface area (Å²) < 4.78 is 6.68. The van der Waals surface area contributed by atoms with Crippen LogP contribution in [0.15, 0.2) is 22.7 Å². The van der Waals surface area contributed by atoms with Crippen LogP contribution in [0.4, 0.5) is 0 Å². The van der Waals surface area contributed by atoms with Gasteiger partial charge in [0.1, 0.15) is 5.75 Å². The zero-order valence-corrected chi connectivity index (χ0v) is 19.4. The first-order valence-electron chi connectivity index (χ1n) is 10.2. The summed E-state index contributed by atoms with van der Waals surface area (Å²) in [5, 5.41) is 12.0. The van der Waals surface area contributed by atoms with Crippen LogP contribution < -0.4 is 10.1 Å². The summed E-state index contributed by atoms with van der Waals surface area (Å²) in [6.45, 7) is 6.69. The minimum absolute atomic E-state index is 0.258. The van der Waals surface area contributed by atoms with Crippen LogP contribution >= 0.6 is 28.1 Å². The summed E-state index contributed by atoms with van der Waals surface area (Å²) in [5.41, 5.74) is 0.477. The van der Waals surface area contributed by atoms with Gasteiger partial charge in [-0.05, 0) is 36.8 Å². The maximum atomic E-state index is 12.8. The maximum absolute atomic E-state index is 12.8. The third-order valence-corrected chi connectivity index (χ3v) is 5.72. The molecule has 0 aliphatic carbocycles. The van der Waals surface area contributed by atoms with Crippen molar-refractivity contribution < 1.29 is 9.53 Å². The number of hydrogen-bond acceptors (Lipinski definition) is 5. The van der Waals surface area contributed by atoms with Gasteiger partial charge in [0.2, 0.25) is 0 Å². The molecule has 2 rings (SSSR count). The molecular formula is C21H29BrN4O2S. The number of unbranched alkanes of at least 4 members (excludes halogenated alkanes) is 3. The second-order valence-corrected chi connectivity index (χ2v) is 8.35. The van der Waals surface area contributed by atoms with Crippen molar-refractivity contribution in [3.63, 3.8) is 0 Å². The van der Waals surface area contributed by atoms with Gasteiger partial charge in [-0.15, -0.1) is 0 Å². The summed E-state index contributed by atoms with van der Waals surface area (Å²) in [7, 11) is 0. The molecule has 0 unspecified atom stereocenters. The van der Waals surface area contributed by atoms with E-state index in [0.29, 0.717) is 29.5 Å². The Kier molecular flexibility index (Phi) is 10.4. The van der Waals surface area contributed by atoms with E-state index in [1.807, 2.05) is 17.0 Å². The van der Waals surface area contributed by atoms with Crippen molar-refractivity contribution in [2.24, 2.45) is 0 Å². The molecule has 0 atom stereocenters. The number of carbonyl (C=O) groups is 1. The van der Waals surface area contributed by atoms with Gasteiger partial charge in [0.25, 0.3) is 5.91 Å². The molecule has 1 fully saturated rings. The lowest BCUT2D eigenvalue weighted by Crippen LogP contribution is -2.52. The van der Waals surface area contributed by atoms with E-state index < -0.39 is 0 Å². The maximum Gasteiger partial charge on any atom is 0.261 e. The number of nitriles is 1. The van der Waals surface area contributed by atoms with E-state index in [4.69, 9.17) is 22.2 Å². The van der Waals surface area contributed by atoms with E-state index in [2.05, 4.69) is 39.1 Å². The SMILES string of the molecule is CCCCCCOc1ccc(Br)cc1C(=O)NC(=S)N1CCN(CCC#N)CC1. The Balaban J connectivity index is 1.90. The molecule has 1 aromatic rings. The molecule has 0 saturated carbocycles. The molecule has 0 bridgehead atoms. The van der Waals surface area contributed by atoms with Gasteiger partial charge >= 0.3 is 0 Å². The fourth-order valence-electron chi connectivity index (χ4n) is 3.14. The molecule has 1 amide bonds. The summed E-state index contributed by atoms with van der Waals surface area (Å²) in [4.78, 5) is 17.1. The standard InChI is InChI=1S/C21H29BrN4O2S/c1-2-3-4-5-15-28-19-8-7-17(22)16-18(19)20(27)24-21(29)26-13-11-25(12-14-26)10-6-9-23/h7-8,16H,2-6,10-15H2,1H3,(H,24,27,29). The van der Waals surface area contributed by atoms with Crippen LogP contribution in [0.5, 0.6) is 5.75 Å². The van der Waals surface area contributed by atoms with Gasteiger partial charge < -0.3 is 9.64 Å². The number of nitrogens with zero attached hydrogens (tertiary/aromatic N) is 3. The van der Waals surface area contributed by atoms with Gasteiger partial charge in [0.05, 0.1) is 18.2 Å². The molecule has 1 saturated heterocycles. The molecule has 1 heterocycles. The average molecular weight is 481 g/mol. The van der Waals surface area contributed by atoms with Crippen LogP contribution in [0.2, 0.25) is 0 Å². The zero-order valence-electron chi connectivity index (χ0n) is 17.0. The van der Waals surface area contributed by atoms with Gasteiger partial charge in [-0.2, -0.15) is 5.26 Å². The number of benzene rings is 1. The van der Waals surface area contributed by atoms with Crippen molar-refractivity contribution in [3.05, 3.63) is 28.2 Å². The molecule has 1 aliphatic heterocycles. The quantitative estimate of drug-likeness (QED) is 0.426. The molecule has 1 aliphatic rings. The molecule has 158 valence electrons. The van der Waals surface area contributed by atoms with Crippen LogP contribution in [-0.4, -0.2) is 60.2 Å². The number of halogens is 1. The predicted molar refractivity (Wildman–Crippen MR) is 122 cm³/mol. The summed E-state index contributed by atoms with van der Waals surface area (Å²) in [6.07, 6.45) is 4.99. The summed E-state index contributed by atoms with van der Waals surface area (Å²) in [6, 6.07) is 7.62. The Labute approximate surface area is 187 Å². The first-order valence-corrected chi connectivity index (χ1v) is 11.4. The first-order chi connectivity index (χ1) is 14.0. The van der Waals surface area contributed by atoms with Crippen LogP contribution in [0.3, 0.4) is 0 Å². The van der Waals surface area contributed by atoms with Crippen LogP contribution in [0.25, 0.3) is 0 Å². The zero-order chi connectivity index (χ0) is 21.1. The van der Waals surface area contributed by atoms with Crippen molar-refractivity contribution >= 4 is 39.2 Å². The highest BCUT2D eigenvalue weighted by Crippen LogP contribution is 2.24. The third-order valence-electron chi connectivity index (χ3n) is 4.86. The highest BCUT2D eigenvalue weighted by molar-refractivity contribution is 9.10. The van der Waals surface area contributed by atoms with E-state index >= 15 is 0 Å². The summed E-state index contributed by atoms with van der Waals surface area (Å²) in [5.74, 6) is 0.318. The van der Waals surface area contributed by atoms with Gasteiger partial charge in [-0.25, -0.2) is 0 Å². The monoisotopic (exact) mass is 480 g/mol. The number of rotatable bonds is 9. The molecule has 6 nitrogen and oxygen atoms in total. The first kappa shape index (κ1) is 23.6. The van der Waals surface area contributed by atoms with Gasteiger partial charge in [-0.1, -0.05) is 42.1 Å². The normalized spacial score (nSPS) is 14.3. The van der Waals surface area contributed by atoms with Crippen molar-refractivity contribution in [2.45, 2.75) is 39.0 Å². The Hall–Kier alpha value is -1.69. The number of thiocarbonyl (C=S) groups is 1. The lowest BCUT2D eigenvalue weighted by Gasteiger charge is -2.35. The molecule has 1 aromatic carbocycles. The Morgan fingerprint density at radius 1 is 1.28 bits per heavy atom. The Morgan fingerprint density at radius 3 is 2.72 bits per heavy atom. The summed E-state index contributed by atoms with van der Waals surface area (Å²) >= 11 is 8.89. The molecule has 29 heavy (non-hydrogen) atoms. The Bertz CT molecular complexity index is 730. The van der Waals surface area contributed by atoms with Crippen molar-refractivity contribution in [1.82, 2.24) is 15.1 Å². The average Bonchev–Trinajstić information content (AvgIpc) is 2.73. The lowest BCUT2D eigenvalue weighted by atomic mass is 10.2. The fourth-order valence-corrected chi connectivity index (χ4v) is 3.78. The Morgan fingerprint density at radius 2 is 2.03 bits per heavy atom. The molecule has 0 spiro atoms. The minimum atomic E-state index is -0.258. The highest BCUT2D eigenvalue weighted by atomic mass is 79.9. The minimum Gasteiger partial charge on any atom is -0.493 e. The van der Waals surface area contributed by atoms with Crippen LogP contribution in [-0.2, 0) is 0 Å². The number of amides is 1. The van der Waals surface area contributed by atoms with E-state index in [-0.39, 0.29) is 5.91 Å². The number of ether oxygens (including phenoxy) is 1. The van der Waals surface area contributed by atoms with E-state index in [1.54, 1.807) is 6.07 Å². The van der Waals surface area contributed by atoms with Crippen LogP contribution in [0, 0.1) is 11.3 Å². The smallest absolute Gasteiger partial charge is 0.261 e. The van der Waals surface area contributed by atoms with Crippen LogP contribution in [0.1, 0.15) is 49.4 Å². The van der Waals surface area contributed by atoms with E-state index in [1.165, 1.54) is 12.8 Å². The van der Waals surface area contributed by atoms with Gasteiger partial charge in [-0.3, -0.25) is 15.0 Å². The lowest BCUT2D eigenvalue weighted by molar-refractivity contribution is 0.0965. The van der Waals surface area contributed by atoms with Crippen molar-refractivity contribution in [2.75, 3.05) is 39.3 Å². The molecule has 8 heteroatoms. The van der Waals surface area contributed by atoms with E-state index in [9.17, 15) is 4.79 Å². The third kappa shape index (κ3) is 7.92. The highest BCUT2D eigenvalue weighted by Gasteiger charge is 2.21. The molecule has 1 N–H and O–H groups in total. The number of piperazine rings is 1. The number of hydrogen-bond donors (Lipinski definition) is 1. The van der Waals surface area contributed by atoms with E-state index in [0.717, 1.165) is 50.0 Å². The van der Waals surface area contributed by atoms with Crippen molar-refractivity contribution in [1.29, 1.82) is 5.26 Å². The second kappa shape index (κ2) is 12.8. The van der Waals surface area contributed by atoms with Gasteiger partial charge in [0.15, 0.2) is 5.11 Å². The van der Waals surface area contributed by atoms with Crippen molar-refractivity contribution in [3.8, 4) is 11.8 Å². The van der Waals surface area contributed by atoms with Gasteiger partial charge in [0, 0.05) is 43.6 Å². The molecular weight excluding hydrogens is 452 g/mol. The second-order valence-electron chi connectivity index (χ2n) is 7.05. The predicted octanol–water partition coefficient (Wildman–Crippen LogP) is 3.95. The number of carbonyl (C=O) groups excluding carboxylic acids is 1. The molecule has 0 aromatic heterocycles. The number of nitrogens with one attached hydrogen (secondary N) is 1.